The van der Waals surface area contributed by atoms with Crippen molar-refractivity contribution in [2.75, 3.05) is 27.6 Å². The van der Waals surface area contributed by atoms with Crippen LogP contribution < -0.4 is 14.2 Å². The van der Waals surface area contributed by atoms with Crippen LogP contribution in [0.25, 0.3) is 6.08 Å². The Morgan fingerprint density at radius 1 is 0.958 bits per heavy atom. The van der Waals surface area contributed by atoms with Crippen LogP contribution in [0, 0.1) is 0 Å². The summed E-state index contributed by atoms with van der Waals surface area (Å²) < 4.78 is 15.8. The minimum Gasteiger partial charge on any atom is -0.497 e. The van der Waals surface area contributed by atoms with E-state index in [1.807, 2.05) is 30.5 Å². The lowest BCUT2D eigenvalue weighted by molar-refractivity contribution is 0.104. The Labute approximate surface area is 146 Å². The van der Waals surface area contributed by atoms with Gasteiger partial charge in [-0.05, 0) is 36.1 Å². The van der Waals surface area contributed by atoms with Gasteiger partial charge in [-0.15, -0.1) is 11.8 Å². The molecular weight excluding hydrogens is 324 g/mol. The first-order valence-electron chi connectivity index (χ1n) is 7.29. The van der Waals surface area contributed by atoms with Gasteiger partial charge in [-0.2, -0.15) is 0 Å². The molecule has 0 fully saturated rings. The second kappa shape index (κ2) is 8.45. The maximum absolute atomic E-state index is 12.5. The maximum Gasteiger partial charge on any atom is 0.189 e. The quantitative estimate of drug-likeness (QED) is 0.425. The lowest BCUT2D eigenvalue weighted by atomic mass is 10.1. The Hall–Kier alpha value is -2.40. The third-order valence-electron chi connectivity index (χ3n) is 3.51. The van der Waals surface area contributed by atoms with Gasteiger partial charge in [-0.1, -0.05) is 18.2 Å². The van der Waals surface area contributed by atoms with Crippen LogP contribution in [0.1, 0.15) is 15.9 Å². The fourth-order valence-corrected chi connectivity index (χ4v) is 2.78. The van der Waals surface area contributed by atoms with Gasteiger partial charge in [0.05, 0.1) is 31.8 Å². The van der Waals surface area contributed by atoms with Gasteiger partial charge < -0.3 is 14.2 Å². The number of benzene rings is 2. The molecule has 0 aliphatic rings. The average Bonchev–Trinajstić information content (AvgIpc) is 2.65. The largest absolute Gasteiger partial charge is 0.497 e. The first-order valence-corrected chi connectivity index (χ1v) is 8.52. The lowest BCUT2D eigenvalue weighted by Gasteiger charge is -2.12. The molecule has 0 aliphatic carbocycles. The summed E-state index contributed by atoms with van der Waals surface area (Å²) in [5.41, 5.74) is 1.43. The van der Waals surface area contributed by atoms with Gasteiger partial charge in [0.1, 0.15) is 17.2 Å². The van der Waals surface area contributed by atoms with E-state index in [1.54, 1.807) is 32.4 Å². The zero-order valence-electron chi connectivity index (χ0n) is 14.2. The van der Waals surface area contributed by atoms with E-state index >= 15 is 0 Å². The number of carbonyl (C=O) groups is 1. The Morgan fingerprint density at radius 3 is 2.17 bits per heavy atom. The molecule has 0 atom stereocenters. The van der Waals surface area contributed by atoms with E-state index in [1.165, 1.54) is 24.9 Å². The number of hydrogen-bond donors (Lipinski definition) is 0. The standard InChI is InChI=1S/C19H20O4S/c1-21-14-8-5-13(6-9-14)7-10-16(20)15-11-19(24-4)18(23-3)12-17(15)22-2/h5-12H,1-4H3. The topological polar surface area (TPSA) is 44.8 Å². The van der Waals surface area contributed by atoms with E-state index in [9.17, 15) is 4.79 Å². The van der Waals surface area contributed by atoms with Crippen molar-refractivity contribution in [2.45, 2.75) is 4.90 Å². The molecule has 0 saturated heterocycles. The van der Waals surface area contributed by atoms with Crippen molar-refractivity contribution in [1.82, 2.24) is 0 Å². The van der Waals surface area contributed by atoms with Crippen LogP contribution in [0.3, 0.4) is 0 Å². The molecule has 0 saturated carbocycles. The molecule has 0 amide bonds. The van der Waals surface area contributed by atoms with Crippen LogP contribution in [0.2, 0.25) is 0 Å². The smallest absolute Gasteiger partial charge is 0.189 e. The lowest BCUT2D eigenvalue weighted by Crippen LogP contribution is -2.01. The summed E-state index contributed by atoms with van der Waals surface area (Å²) in [5.74, 6) is 1.84. The number of carbonyl (C=O) groups excluding carboxylic acids is 1. The van der Waals surface area contributed by atoms with E-state index in [0.29, 0.717) is 17.1 Å². The van der Waals surface area contributed by atoms with E-state index in [0.717, 1.165) is 16.2 Å². The molecule has 2 rings (SSSR count). The highest BCUT2D eigenvalue weighted by atomic mass is 32.2. The maximum atomic E-state index is 12.5. The molecule has 0 unspecified atom stereocenters. The molecule has 0 N–H and O–H groups in total. The monoisotopic (exact) mass is 344 g/mol. The van der Waals surface area contributed by atoms with Crippen LogP contribution in [0.4, 0.5) is 0 Å². The van der Waals surface area contributed by atoms with Crippen molar-refractivity contribution in [2.24, 2.45) is 0 Å². The van der Waals surface area contributed by atoms with Crippen molar-refractivity contribution in [3.63, 3.8) is 0 Å². The molecule has 0 spiro atoms. The molecule has 0 bridgehead atoms. The van der Waals surface area contributed by atoms with Crippen LogP contribution >= 0.6 is 11.8 Å². The molecule has 24 heavy (non-hydrogen) atoms. The molecule has 0 heterocycles. The van der Waals surface area contributed by atoms with Crippen LogP contribution in [-0.2, 0) is 0 Å². The Kier molecular flexibility index (Phi) is 6.32. The number of hydrogen-bond acceptors (Lipinski definition) is 5. The van der Waals surface area contributed by atoms with Crippen LogP contribution in [0.5, 0.6) is 17.2 Å². The van der Waals surface area contributed by atoms with Gasteiger partial charge in [0.15, 0.2) is 5.78 Å². The second-order valence-corrected chi connectivity index (χ2v) is 5.73. The predicted octanol–water partition coefficient (Wildman–Crippen LogP) is 4.33. The van der Waals surface area contributed by atoms with Crippen molar-refractivity contribution >= 4 is 23.6 Å². The summed E-state index contributed by atoms with van der Waals surface area (Å²) in [5, 5.41) is 0. The number of rotatable bonds is 7. The first kappa shape index (κ1) is 17.9. The minimum absolute atomic E-state index is 0.124. The SMILES string of the molecule is COc1ccc(C=CC(=O)c2cc(SC)c(OC)cc2OC)cc1. The zero-order chi connectivity index (χ0) is 17.5. The molecular formula is C19H20O4S. The number of ketones is 1. The summed E-state index contributed by atoms with van der Waals surface area (Å²) in [6.45, 7) is 0. The fraction of sp³-hybridized carbons (Fsp3) is 0.211. The summed E-state index contributed by atoms with van der Waals surface area (Å²) in [4.78, 5) is 13.4. The van der Waals surface area contributed by atoms with E-state index < -0.39 is 0 Å². The number of ether oxygens (including phenoxy) is 3. The van der Waals surface area contributed by atoms with Crippen molar-refractivity contribution < 1.29 is 19.0 Å². The third-order valence-corrected chi connectivity index (χ3v) is 4.27. The van der Waals surface area contributed by atoms with Gasteiger partial charge in [-0.3, -0.25) is 4.79 Å². The highest BCUT2D eigenvalue weighted by Crippen LogP contribution is 2.34. The summed E-state index contributed by atoms with van der Waals surface area (Å²) in [7, 11) is 4.75. The Balaban J connectivity index is 2.29. The zero-order valence-corrected chi connectivity index (χ0v) is 15.0. The molecule has 126 valence electrons. The number of thioether (sulfide) groups is 1. The first-order chi connectivity index (χ1) is 11.6. The summed E-state index contributed by atoms with van der Waals surface area (Å²) >= 11 is 1.52. The van der Waals surface area contributed by atoms with Gasteiger partial charge >= 0.3 is 0 Å². The molecule has 2 aromatic rings. The Morgan fingerprint density at radius 2 is 1.62 bits per heavy atom. The van der Waals surface area contributed by atoms with Gasteiger partial charge in [0, 0.05) is 6.07 Å². The molecule has 0 aromatic heterocycles. The fourth-order valence-electron chi connectivity index (χ4n) is 2.20. The average molecular weight is 344 g/mol. The highest BCUT2D eigenvalue weighted by Gasteiger charge is 2.15. The van der Waals surface area contributed by atoms with Crippen molar-refractivity contribution in [3.8, 4) is 17.2 Å². The summed E-state index contributed by atoms with van der Waals surface area (Å²) in [6.07, 6.45) is 5.24. The highest BCUT2D eigenvalue weighted by molar-refractivity contribution is 7.98. The van der Waals surface area contributed by atoms with Gasteiger partial charge in [-0.25, -0.2) is 0 Å². The van der Waals surface area contributed by atoms with Crippen molar-refractivity contribution in [3.05, 3.63) is 53.6 Å². The van der Waals surface area contributed by atoms with Crippen LogP contribution in [0.15, 0.2) is 47.4 Å². The van der Waals surface area contributed by atoms with E-state index in [4.69, 9.17) is 14.2 Å². The van der Waals surface area contributed by atoms with Crippen molar-refractivity contribution in [1.29, 1.82) is 0 Å². The summed E-state index contributed by atoms with van der Waals surface area (Å²) in [6, 6.07) is 11.0. The molecule has 2 aromatic carbocycles. The number of methoxy groups -OCH3 is 3. The molecule has 0 aliphatic heterocycles. The minimum atomic E-state index is -0.124. The second-order valence-electron chi connectivity index (χ2n) is 4.88. The molecule has 4 nitrogen and oxygen atoms in total. The van der Waals surface area contributed by atoms with E-state index in [-0.39, 0.29) is 5.78 Å². The van der Waals surface area contributed by atoms with E-state index in [2.05, 4.69) is 0 Å². The normalized spacial score (nSPS) is 10.7. The molecule has 0 radical (unpaired) electrons. The predicted molar refractivity (Wildman–Crippen MR) is 97.7 cm³/mol. The molecule has 5 heteroatoms. The van der Waals surface area contributed by atoms with Gasteiger partial charge in [0.25, 0.3) is 0 Å². The van der Waals surface area contributed by atoms with Gasteiger partial charge in [0.2, 0.25) is 0 Å². The number of allylic oxidation sites excluding steroid dienone is 1. The third kappa shape index (κ3) is 4.11. The van der Waals surface area contributed by atoms with Crippen LogP contribution in [-0.4, -0.2) is 33.4 Å². The Bertz CT molecular complexity index is 736.